The van der Waals surface area contributed by atoms with Gasteiger partial charge in [0.05, 0.1) is 6.61 Å². The molecule has 1 aromatic carbocycles. The fourth-order valence-corrected chi connectivity index (χ4v) is 9.92. The normalized spacial score (nSPS) is 20.6. The van der Waals surface area contributed by atoms with Crippen molar-refractivity contribution in [2.45, 2.75) is 87.4 Å². The molecule has 2 unspecified atom stereocenters. The molecule has 5 nitrogen and oxygen atoms in total. The second-order valence-corrected chi connectivity index (χ2v) is 14.5. The second kappa shape index (κ2) is 17.9. The Kier molecular flexibility index (Phi) is 14.9. The third-order valence-corrected chi connectivity index (χ3v) is 12.0. The molecule has 35 heavy (non-hydrogen) atoms. The first-order valence-electron chi connectivity index (χ1n) is 12.7. The van der Waals surface area contributed by atoms with E-state index < -0.39 is 6.10 Å². The minimum Gasteiger partial charge on any atom is -0.463 e. The summed E-state index contributed by atoms with van der Waals surface area (Å²) in [6.07, 6.45) is 9.07. The SMILES string of the molecule is O=C(CCCCC1CCSS1)OCC(COC(=O)CCCCC1CCSS1)OCc1ccccc1. The summed E-state index contributed by atoms with van der Waals surface area (Å²) in [7, 11) is 7.86. The molecule has 2 fully saturated rings. The molecular formula is C26H38O5S4. The first-order valence-corrected chi connectivity index (χ1v) is 17.5. The van der Waals surface area contributed by atoms with E-state index >= 15 is 0 Å². The minimum absolute atomic E-state index is 0.102. The molecule has 1 aromatic rings. The van der Waals surface area contributed by atoms with Crippen LogP contribution in [0.2, 0.25) is 0 Å². The van der Waals surface area contributed by atoms with Crippen LogP contribution in [0.25, 0.3) is 0 Å². The van der Waals surface area contributed by atoms with Crippen molar-refractivity contribution in [3.05, 3.63) is 35.9 Å². The van der Waals surface area contributed by atoms with Crippen LogP contribution in [0.5, 0.6) is 0 Å². The lowest BCUT2D eigenvalue weighted by Gasteiger charge is -2.18. The zero-order valence-corrected chi connectivity index (χ0v) is 23.7. The Morgan fingerprint density at radius 3 is 1.83 bits per heavy atom. The van der Waals surface area contributed by atoms with Gasteiger partial charge in [-0.1, -0.05) is 86.3 Å². The van der Waals surface area contributed by atoms with E-state index in [2.05, 4.69) is 0 Å². The zero-order chi connectivity index (χ0) is 24.6. The molecular weight excluding hydrogens is 521 g/mol. The topological polar surface area (TPSA) is 61.8 Å². The van der Waals surface area contributed by atoms with Crippen molar-refractivity contribution in [2.75, 3.05) is 24.7 Å². The largest absolute Gasteiger partial charge is 0.463 e. The van der Waals surface area contributed by atoms with Crippen molar-refractivity contribution in [1.82, 2.24) is 0 Å². The molecule has 2 atom stereocenters. The van der Waals surface area contributed by atoms with E-state index in [-0.39, 0.29) is 25.2 Å². The smallest absolute Gasteiger partial charge is 0.305 e. The predicted octanol–water partition coefficient (Wildman–Crippen LogP) is 7.09. The van der Waals surface area contributed by atoms with Crippen LogP contribution < -0.4 is 0 Å². The lowest BCUT2D eigenvalue weighted by molar-refractivity contribution is -0.156. The van der Waals surface area contributed by atoms with Gasteiger partial charge < -0.3 is 14.2 Å². The molecule has 2 aliphatic rings. The van der Waals surface area contributed by atoms with Crippen LogP contribution in [0.4, 0.5) is 0 Å². The van der Waals surface area contributed by atoms with Gasteiger partial charge in [0, 0.05) is 34.8 Å². The monoisotopic (exact) mass is 558 g/mol. The minimum atomic E-state index is -0.470. The van der Waals surface area contributed by atoms with Crippen molar-refractivity contribution in [3.63, 3.8) is 0 Å². The van der Waals surface area contributed by atoms with Crippen molar-refractivity contribution in [2.24, 2.45) is 0 Å². The highest BCUT2D eigenvalue weighted by molar-refractivity contribution is 8.77. The van der Waals surface area contributed by atoms with E-state index in [4.69, 9.17) is 14.2 Å². The summed E-state index contributed by atoms with van der Waals surface area (Å²) in [6, 6.07) is 9.84. The molecule has 0 aliphatic carbocycles. The number of benzene rings is 1. The molecule has 2 aliphatic heterocycles. The summed E-state index contributed by atoms with van der Waals surface area (Å²) in [5, 5.41) is 1.48. The number of carbonyl (C=O) groups excluding carboxylic acids is 2. The third-order valence-electron chi connectivity index (χ3n) is 5.96. The Labute approximate surface area is 226 Å². The first-order chi connectivity index (χ1) is 17.2. The molecule has 0 radical (unpaired) electrons. The number of ether oxygens (including phenoxy) is 3. The van der Waals surface area contributed by atoms with Gasteiger partial charge in [0.1, 0.15) is 19.3 Å². The van der Waals surface area contributed by atoms with Crippen molar-refractivity contribution in [3.8, 4) is 0 Å². The highest BCUT2D eigenvalue weighted by atomic mass is 33.1. The summed E-state index contributed by atoms with van der Waals surface area (Å²) in [5.74, 6) is 2.07. The van der Waals surface area contributed by atoms with Crippen LogP contribution in [0.15, 0.2) is 30.3 Å². The second-order valence-electron chi connectivity index (χ2n) is 8.93. The van der Waals surface area contributed by atoms with E-state index in [0.717, 1.165) is 41.7 Å². The molecule has 0 amide bonds. The first kappa shape index (κ1) is 29.1. The Morgan fingerprint density at radius 1 is 0.800 bits per heavy atom. The molecule has 0 N–H and O–H groups in total. The molecule has 2 saturated heterocycles. The maximum Gasteiger partial charge on any atom is 0.305 e. The number of carbonyl (C=O) groups is 2. The fourth-order valence-electron chi connectivity index (χ4n) is 3.86. The van der Waals surface area contributed by atoms with Crippen molar-refractivity contribution in [1.29, 1.82) is 0 Å². The standard InChI is InChI=1S/C26H38O5S4/c27-25(12-6-4-10-23-14-16-32-34-23)30-19-22(29-18-21-8-2-1-3-9-21)20-31-26(28)13-7-5-11-24-15-17-33-35-24/h1-3,8-9,22-24H,4-7,10-20H2. The van der Waals surface area contributed by atoms with Gasteiger partial charge >= 0.3 is 11.9 Å². The molecule has 0 spiro atoms. The Morgan fingerprint density at radius 2 is 1.34 bits per heavy atom. The van der Waals surface area contributed by atoms with E-state index in [1.165, 1.54) is 37.2 Å². The third kappa shape index (κ3) is 13.0. The van der Waals surface area contributed by atoms with Crippen LogP contribution in [0, 0.1) is 0 Å². The maximum absolute atomic E-state index is 12.2. The average Bonchev–Trinajstić information content (AvgIpc) is 3.59. The molecule has 3 rings (SSSR count). The van der Waals surface area contributed by atoms with Crippen molar-refractivity contribution >= 4 is 55.1 Å². The molecule has 0 bridgehead atoms. The quantitative estimate of drug-likeness (QED) is 0.113. The number of hydrogen-bond acceptors (Lipinski definition) is 9. The van der Waals surface area contributed by atoms with Gasteiger partial charge in [-0.3, -0.25) is 9.59 Å². The number of rotatable bonds is 17. The lowest BCUT2D eigenvalue weighted by Crippen LogP contribution is -2.28. The van der Waals surface area contributed by atoms with Crippen LogP contribution >= 0.6 is 43.2 Å². The average molecular weight is 559 g/mol. The summed E-state index contributed by atoms with van der Waals surface area (Å²) < 4.78 is 16.9. The summed E-state index contributed by atoms with van der Waals surface area (Å²) in [4.78, 5) is 24.5. The van der Waals surface area contributed by atoms with Gasteiger partial charge in [-0.15, -0.1) is 0 Å². The number of unbranched alkanes of at least 4 members (excludes halogenated alkanes) is 2. The van der Waals surface area contributed by atoms with Gasteiger partial charge in [0.15, 0.2) is 0 Å². The van der Waals surface area contributed by atoms with E-state index in [0.29, 0.717) is 19.4 Å². The highest BCUT2D eigenvalue weighted by Crippen LogP contribution is 2.40. The molecule has 0 saturated carbocycles. The lowest BCUT2D eigenvalue weighted by atomic mass is 10.1. The van der Waals surface area contributed by atoms with E-state index in [9.17, 15) is 9.59 Å². The maximum atomic E-state index is 12.2. The van der Waals surface area contributed by atoms with Crippen LogP contribution in [0.3, 0.4) is 0 Å². The van der Waals surface area contributed by atoms with Crippen molar-refractivity contribution < 1.29 is 23.8 Å². The molecule has 0 aromatic heterocycles. The predicted molar refractivity (Wildman–Crippen MR) is 151 cm³/mol. The summed E-state index contributed by atoms with van der Waals surface area (Å²) >= 11 is 0. The Bertz CT molecular complexity index is 684. The van der Waals surface area contributed by atoms with Gasteiger partial charge in [0.2, 0.25) is 0 Å². The van der Waals surface area contributed by atoms with Gasteiger partial charge in [-0.05, 0) is 44.1 Å². The van der Waals surface area contributed by atoms with Gasteiger partial charge in [0.25, 0.3) is 0 Å². The summed E-state index contributed by atoms with van der Waals surface area (Å²) in [5.41, 5.74) is 1.03. The summed E-state index contributed by atoms with van der Waals surface area (Å²) in [6.45, 7) is 0.587. The van der Waals surface area contributed by atoms with Gasteiger partial charge in [-0.25, -0.2) is 0 Å². The van der Waals surface area contributed by atoms with Crippen LogP contribution in [-0.2, 0) is 30.4 Å². The Balaban J connectivity index is 1.32. The highest BCUT2D eigenvalue weighted by Gasteiger charge is 2.19. The zero-order valence-electron chi connectivity index (χ0n) is 20.4. The molecule has 9 heteroatoms. The van der Waals surface area contributed by atoms with E-state index in [1.54, 1.807) is 0 Å². The molecule has 196 valence electrons. The molecule has 2 heterocycles. The Hall–Kier alpha value is -0.480. The number of esters is 2. The number of hydrogen-bond donors (Lipinski definition) is 0. The van der Waals surface area contributed by atoms with Crippen LogP contribution in [0.1, 0.15) is 69.8 Å². The van der Waals surface area contributed by atoms with Crippen LogP contribution in [-0.4, -0.2) is 53.3 Å². The van der Waals surface area contributed by atoms with E-state index in [1.807, 2.05) is 73.5 Å². The van der Waals surface area contributed by atoms with Gasteiger partial charge in [-0.2, -0.15) is 0 Å². The fraction of sp³-hybridized carbons (Fsp3) is 0.692.